The molecule has 0 radical (unpaired) electrons. The molecule has 204 valence electrons. The number of hydrogen-bond donors (Lipinski definition) is 4. The maximum absolute atomic E-state index is 13.6. The smallest absolute Gasteiger partial charge is 0.326 e. The number of carbonyl (C=O) groups is 3. The molecule has 4 aliphatic heterocycles. The van der Waals surface area contributed by atoms with Crippen LogP contribution in [0.3, 0.4) is 0 Å². The molecule has 3 unspecified atom stereocenters. The van der Waals surface area contributed by atoms with Crippen molar-refractivity contribution >= 4 is 35.3 Å². The van der Waals surface area contributed by atoms with Gasteiger partial charge in [0.05, 0.1) is 28.6 Å². The van der Waals surface area contributed by atoms with E-state index in [0.29, 0.717) is 23.7 Å². The summed E-state index contributed by atoms with van der Waals surface area (Å²) >= 11 is 1.49. The zero-order valence-corrected chi connectivity index (χ0v) is 22.7. The van der Waals surface area contributed by atoms with E-state index >= 15 is 0 Å². The number of hydrogen-bond acceptors (Lipinski definition) is 7. The average Bonchev–Trinajstić information content (AvgIpc) is 3.33. The average molecular weight is 548 g/mol. The van der Waals surface area contributed by atoms with Gasteiger partial charge in [-0.2, -0.15) is 0 Å². The van der Waals surface area contributed by atoms with Gasteiger partial charge in [0.1, 0.15) is 0 Å². The Kier molecular flexibility index (Phi) is 7.28. The van der Waals surface area contributed by atoms with Crippen LogP contribution in [0.4, 0.5) is 10.5 Å². The second-order valence-electron chi connectivity index (χ2n) is 10.4. The lowest BCUT2D eigenvalue weighted by Gasteiger charge is -2.45. The highest BCUT2D eigenvalue weighted by atomic mass is 32.2. The second kappa shape index (κ2) is 11.0. The molecule has 3 fully saturated rings. The summed E-state index contributed by atoms with van der Waals surface area (Å²) in [6, 6.07) is 13.3. The van der Waals surface area contributed by atoms with Gasteiger partial charge in [-0.25, -0.2) is 4.79 Å². The van der Waals surface area contributed by atoms with Crippen molar-refractivity contribution in [1.82, 2.24) is 31.2 Å². The van der Waals surface area contributed by atoms with Crippen molar-refractivity contribution in [1.29, 1.82) is 0 Å². The van der Waals surface area contributed by atoms with Gasteiger partial charge in [0.15, 0.2) is 0 Å². The van der Waals surface area contributed by atoms with E-state index in [4.69, 9.17) is 0 Å². The van der Waals surface area contributed by atoms with Gasteiger partial charge in [0.2, 0.25) is 5.91 Å². The zero-order valence-electron chi connectivity index (χ0n) is 21.9. The fourth-order valence-electron chi connectivity index (χ4n) is 6.09. The molecule has 0 bridgehead atoms. The lowest BCUT2D eigenvalue weighted by Crippen LogP contribution is -2.62. The Morgan fingerprint density at radius 3 is 2.85 bits per heavy atom. The Morgan fingerprint density at radius 1 is 1.18 bits per heavy atom. The van der Waals surface area contributed by atoms with Crippen LogP contribution >= 0.6 is 11.8 Å². The van der Waals surface area contributed by atoms with Gasteiger partial charge in [0, 0.05) is 48.2 Å². The second-order valence-corrected chi connectivity index (χ2v) is 11.5. The number of nitrogens with one attached hydrogen (secondary N) is 4. The summed E-state index contributed by atoms with van der Waals surface area (Å²) in [5.41, 5.74) is 3.30. The molecule has 5 heterocycles. The molecule has 1 aromatic heterocycles. The number of amides is 4. The summed E-state index contributed by atoms with van der Waals surface area (Å²) in [6.07, 6.45) is 4.19. The highest BCUT2D eigenvalue weighted by Crippen LogP contribution is 2.48. The number of carbonyl (C=O) groups excluding carboxylic acids is 3. The minimum absolute atomic E-state index is 0.00177. The molecule has 4 aliphatic rings. The number of anilines is 1. The fourth-order valence-corrected chi connectivity index (χ4v) is 7.49. The van der Waals surface area contributed by atoms with Gasteiger partial charge < -0.3 is 26.2 Å². The molecule has 39 heavy (non-hydrogen) atoms. The lowest BCUT2D eigenvalue weighted by molar-refractivity contribution is -0.132. The first-order chi connectivity index (χ1) is 19.0. The van der Waals surface area contributed by atoms with Gasteiger partial charge in [-0.15, -0.1) is 0 Å². The largest absolute Gasteiger partial charge is 0.347 e. The summed E-state index contributed by atoms with van der Waals surface area (Å²) in [4.78, 5) is 48.2. The van der Waals surface area contributed by atoms with Crippen molar-refractivity contribution in [2.45, 2.75) is 36.7 Å². The number of aromatic nitrogens is 1. The molecule has 4 atom stereocenters. The van der Waals surface area contributed by atoms with Crippen molar-refractivity contribution in [3.8, 4) is 11.3 Å². The van der Waals surface area contributed by atoms with Crippen LogP contribution in [-0.2, 0) is 9.59 Å². The molecule has 4 N–H and O–H groups in total. The summed E-state index contributed by atoms with van der Waals surface area (Å²) < 4.78 is 0. The number of nitrogens with zero attached hydrogens (tertiary/aromatic N) is 3. The maximum atomic E-state index is 13.6. The van der Waals surface area contributed by atoms with E-state index in [1.807, 2.05) is 47.4 Å². The molecular formula is C28H33N7O3S. The monoisotopic (exact) mass is 547 g/mol. The van der Waals surface area contributed by atoms with Gasteiger partial charge in [-0.1, -0.05) is 42.1 Å². The number of rotatable bonds is 6. The number of benzene rings is 1. The topological polar surface area (TPSA) is 119 Å². The molecule has 4 amide bonds. The molecule has 2 aromatic rings. The van der Waals surface area contributed by atoms with Crippen LogP contribution in [0.15, 0.2) is 59.3 Å². The maximum Gasteiger partial charge on any atom is 0.326 e. The Bertz CT molecular complexity index is 1300. The van der Waals surface area contributed by atoms with Crippen LogP contribution in [0, 0.1) is 5.92 Å². The third-order valence-corrected chi connectivity index (χ3v) is 9.23. The normalized spacial score (nSPS) is 26.2. The van der Waals surface area contributed by atoms with Gasteiger partial charge in [0.25, 0.3) is 5.91 Å². The number of likely N-dealkylation sites (tertiary alicyclic amines) is 1. The number of urea groups is 1. The van der Waals surface area contributed by atoms with Crippen LogP contribution in [-0.4, -0.2) is 78.4 Å². The molecule has 1 aromatic carbocycles. The minimum Gasteiger partial charge on any atom is -0.347 e. The van der Waals surface area contributed by atoms with E-state index in [1.165, 1.54) is 11.8 Å². The first kappa shape index (κ1) is 25.8. The van der Waals surface area contributed by atoms with Crippen molar-refractivity contribution in [3.63, 3.8) is 0 Å². The summed E-state index contributed by atoms with van der Waals surface area (Å²) in [5.74, 6) is -0.171. The van der Waals surface area contributed by atoms with Crippen LogP contribution in [0.5, 0.6) is 0 Å². The Balaban J connectivity index is 1.23. The molecule has 6 rings (SSSR count). The van der Waals surface area contributed by atoms with E-state index in [0.717, 1.165) is 42.8 Å². The van der Waals surface area contributed by atoms with E-state index < -0.39 is 0 Å². The molecular weight excluding hydrogens is 514 g/mol. The molecule has 0 aliphatic carbocycles. The van der Waals surface area contributed by atoms with Crippen LogP contribution in [0.1, 0.15) is 19.3 Å². The quantitative estimate of drug-likeness (QED) is 0.436. The Morgan fingerprint density at radius 2 is 2.03 bits per heavy atom. The number of thioether (sulfide) groups is 1. The standard InChI is InChI=1S/C28H33N7O3S/c1-29-15-22(36)34-13-5-8-18(16-34)32-26(37)25-24-23-21(10-12-31-27(23)39-25)35(28(38)33-24)19-9-11-30-20(14-19)17-6-3-2-4-7-17/h2-4,6-7,9,11,14,18,21,23,27,29,31H,5,8,10,12-13,15-16H2,1H3,(H,32,37)(H,33,38)/t18-,21?,23?,27?/m1/s1. The lowest BCUT2D eigenvalue weighted by atomic mass is 9.86. The van der Waals surface area contributed by atoms with Crippen LogP contribution in [0.25, 0.3) is 11.3 Å². The highest BCUT2D eigenvalue weighted by molar-refractivity contribution is 8.04. The van der Waals surface area contributed by atoms with Gasteiger partial charge in [-0.3, -0.25) is 19.5 Å². The van der Waals surface area contributed by atoms with E-state index in [-0.39, 0.29) is 47.8 Å². The van der Waals surface area contributed by atoms with Crippen molar-refractivity contribution in [3.05, 3.63) is 59.3 Å². The van der Waals surface area contributed by atoms with Crippen molar-refractivity contribution in [2.75, 3.05) is 38.1 Å². The van der Waals surface area contributed by atoms with Crippen molar-refractivity contribution in [2.24, 2.45) is 5.92 Å². The predicted octanol–water partition coefficient (Wildman–Crippen LogP) is 1.87. The first-order valence-electron chi connectivity index (χ1n) is 13.5. The molecule has 11 heteroatoms. The first-order valence-corrected chi connectivity index (χ1v) is 14.4. The zero-order chi connectivity index (χ0) is 26.9. The third-order valence-electron chi connectivity index (χ3n) is 7.88. The van der Waals surface area contributed by atoms with Crippen LogP contribution < -0.4 is 26.2 Å². The number of piperidine rings is 2. The molecule has 3 saturated heterocycles. The minimum atomic E-state index is -0.230. The summed E-state index contributed by atoms with van der Waals surface area (Å²) in [6.45, 7) is 2.25. The van der Waals surface area contributed by atoms with E-state index in [9.17, 15) is 14.4 Å². The summed E-state index contributed by atoms with van der Waals surface area (Å²) in [7, 11) is 1.75. The van der Waals surface area contributed by atoms with E-state index in [1.54, 1.807) is 18.1 Å². The SMILES string of the molecule is CNCC(=O)N1CCC[C@@H](NC(=O)C2=C3NC(=O)N(c4ccnc(-c5ccccc5)c4)C4CCNC(S2)C34)C1. The predicted molar refractivity (Wildman–Crippen MR) is 151 cm³/mol. The van der Waals surface area contributed by atoms with Gasteiger partial charge in [-0.05, 0) is 45.0 Å². The van der Waals surface area contributed by atoms with Crippen molar-refractivity contribution < 1.29 is 14.4 Å². The number of pyridine rings is 1. The van der Waals surface area contributed by atoms with E-state index in [2.05, 4.69) is 26.3 Å². The number of likely N-dealkylation sites (N-methyl/N-ethyl adjacent to an activating group) is 1. The van der Waals surface area contributed by atoms with Gasteiger partial charge >= 0.3 is 6.03 Å². The third kappa shape index (κ3) is 5.02. The Labute approximate surface area is 232 Å². The molecule has 0 spiro atoms. The fraction of sp³-hybridized carbons (Fsp3) is 0.429. The molecule has 10 nitrogen and oxygen atoms in total. The highest BCUT2D eigenvalue weighted by Gasteiger charge is 2.51. The van der Waals surface area contributed by atoms with Crippen LogP contribution in [0.2, 0.25) is 0 Å². The summed E-state index contributed by atoms with van der Waals surface area (Å²) in [5, 5.41) is 12.7. The Hall–Kier alpha value is -3.41. The molecule has 0 saturated carbocycles.